The minimum Gasteiger partial charge on any atom is -0.283 e. The fourth-order valence-electron chi connectivity index (χ4n) is 1.92. The molecule has 0 amide bonds. The summed E-state index contributed by atoms with van der Waals surface area (Å²) in [5.41, 5.74) is 1.61. The van der Waals surface area contributed by atoms with Crippen molar-refractivity contribution in [2.75, 3.05) is 5.75 Å². The van der Waals surface area contributed by atoms with Crippen LogP contribution < -0.4 is 5.56 Å². The normalized spacial score (nSPS) is 11.9. The second-order valence-electron chi connectivity index (χ2n) is 5.01. The maximum Gasteiger partial charge on any atom is 0.262 e. The van der Waals surface area contributed by atoms with Gasteiger partial charge in [-0.3, -0.25) is 9.36 Å². The molecule has 0 unspecified atom stereocenters. The van der Waals surface area contributed by atoms with E-state index in [-0.39, 0.29) is 5.56 Å². The van der Waals surface area contributed by atoms with Gasteiger partial charge in [-0.15, -0.1) is 0 Å². The fourth-order valence-corrected chi connectivity index (χ4v) is 3.53. The SMILES string of the molecule is C=C(C)Cn1c(SC/C=C(/C)Cl)nc2ccc(I)cc2c1=O. The molecule has 1 aromatic carbocycles. The van der Waals surface area contributed by atoms with Crippen molar-refractivity contribution in [3.8, 4) is 0 Å². The second kappa shape index (κ2) is 7.66. The van der Waals surface area contributed by atoms with E-state index in [1.54, 1.807) is 4.57 Å². The van der Waals surface area contributed by atoms with Gasteiger partial charge in [0.1, 0.15) is 0 Å². The number of hydrogen-bond donors (Lipinski definition) is 0. The number of fused-ring (bicyclic) bond motifs is 1. The highest BCUT2D eigenvalue weighted by atomic mass is 127. The van der Waals surface area contributed by atoms with Crippen LogP contribution in [0.15, 0.2) is 51.4 Å². The zero-order valence-electron chi connectivity index (χ0n) is 12.4. The van der Waals surface area contributed by atoms with Crippen molar-refractivity contribution >= 4 is 56.9 Å². The first-order valence-corrected chi connectivity index (χ1v) is 9.12. The Hall–Kier alpha value is -0.790. The number of thioether (sulfide) groups is 1. The van der Waals surface area contributed by atoms with Crippen LogP contribution >= 0.6 is 46.0 Å². The monoisotopic (exact) mass is 446 g/mol. The van der Waals surface area contributed by atoms with Crippen LogP contribution in [0.1, 0.15) is 13.8 Å². The van der Waals surface area contributed by atoms with E-state index in [4.69, 9.17) is 11.6 Å². The Labute approximate surface area is 152 Å². The molecule has 0 spiro atoms. The van der Waals surface area contributed by atoms with Crippen molar-refractivity contribution in [1.29, 1.82) is 0 Å². The summed E-state index contributed by atoms with van der Waals surface area (Å²) in [6.07, 6.45) is 1.90. The van der Waals surface area contributed by atoms with Crippen LogP contribution in [0.4, 0.5) is 0 Å². The maximum atomic E-state index is 12.8. The predicted octanol–water partition coefficient (Wildman–Crippen LogP) is 4.81. The molecule has 22 heavy (non-hydrogen) atoms. The molecule has 116 valence electrons. The van der Waals surface area contributed by atoms with Crippen molar-refractivity contribution in [1.82, 2.24) is 9.55 Å². The molecule has 0 aliphatic heterocycles. The van der Waals surface area contributed by atoms with Crippen LogP contribution in [-0.4, -0.2) is 15.3 Å². The summed E-state index contributed by atoms with van der Waals surface area (Å²) < 4.78 is 2.70. The highest BCUT2D eigenvalue weighted by Crippen LogP contribution is 2.20. The molecule has 0 saturated carbocycles. The molecule has 0 radical (unpaired) electrons. The Morgan fingerprint density at radius 1 is 1.50 bits per heavy atom. The molecule has 0 aliphatic carbocycles. The van der Waals surface area contributed by atoms with E-state index >= 15 is 0 Å². The Morgan fingerprint density at radius 2 is 2.23 bits per heavy atom. The molecule has 2 rings (SSSR count). The van der Waals surface area contributed by atoms with Gasteiger partial charge in [0.05, 0.1) is 10.9 Å². The first-order chi connectivity index (χ1) is 10.4. The van der Waals surface area contributed by atoms with Crippen molar-refractivity contribution in [3.63, 3.8) is 0 Å². The summed E-state index contributed by atoms with van der Waals surface area (Å²) in [5, 5.41) is 2.06. The molecule has 0 bridgehead atoms. The average Bonchev–Trinajstić information content (AvgIpc) is 2.43. The van der Waals surface area contributed by atoms with Crippen LogP contribution in [0.2, 0.25) is 0 Å². The molecule has 1 heterocycles. The number of rotatable bonds is 5. The maximum absolute atomic E-state index is 12.8. The van der Waals surface area contributed by atoms with Gasteiger partial charge in [0, 0.05) is 20.9 Å². The van der Waals surface area contributed by atoms with Crippen LogP contribution in [0.25, 0.3) is 10.9 Å². The van der Waals surface area contributed by atoms with Gasteiger partial charge in [0.15, 0.2) is 5.16 Å². The van der Waals surface area contributed by atoms with E-state index in [0.29, 0.717) is 22.8 Å². The van der Waals surface area contributed by atoms with Crippen LogP contribution in [0, 0.1) is 3.57 Å². The standard InChI is InChI=1S/C16H16ClIN2OS/c1-10(2)9-20-15(21)13-8-12(18)4-5-14(13)19-16(20)22-7-6-11(3)17/h4-6,8H,1,7,9H2,2-3H3/b11-6-. The molecule has 6 heteroatoms. The summed E-state index contributed by atoms with van der Waals surface area (Å²) in [4.78, 5) is 17.4. The number of hydrogen-bond acceptors (Lipinski definition) is 3. The van der Waals surface area contributed by atoms with Gasteiger partial charge < -0.3 is 0 Å². The van der Waals surface area contributed by atoms with E-state index in [1.807, 2.05) is 38.1 Å². The summed E-state index contributed by atoms with van der Waals surface area (Å²) in [7, 11) is 0. The predicted molar refractivity (Wildman–Crippen MR) is 104 cm³/mol. The molecular weight excluding hydrogens is 431 g/mol. The van der Waals surface area contributed by atoms with Gasteiger partial charge >= 0.3 is 0 Å². The van der Waals surface area contributed by atoms with E-state index in [0.717, 1.165) is 19.7 Å². The quantitative estimate of drug-likeness (QED) is 0.286. The molecule has 0 saturated heterocycles. The smallest absolute Gasteiger partial charge is 0.262 e. The van der Waals surface area contributed by atoms with Gasteiger partial charge in [0.2, 0.25) is 0 Å². The first-order valence-electron chi connectivity index (χ1n) is 6.68. The lowest BCUT2D eigenvalue weighted by atomic mass is 10.2. The lowest BCUT2D eigenvalue weighted by Gasteiger charge is -2.12. The lowest BCUT2D eigenvalue weighted by molar-refractivity contribution is 0.652. The van der Waals surface area contributed by atoms with Crippen molar-refractivity contribution in [2.45, 2.75) is 25.5 Å². The fraction of sp³-hybridized carbons (Fsp3) is 0.250. The van der Waals surface area contributed by atoms with E-state index in [2.05, 4.69) is 34.2 Å². The van der Waals surface area contributed by atoms with Crippen LogP contribution in [-0.2, 0) is 6.54 Å². The second-order valence-corrected chi connectivity index (χ2v) is 7.84. The minimum atomic E-state index is -0.0272. The van der Waals surface area contributed by atoms with Gasteiger partial charge in [0.25, 0.3) is 5.56 Å². The summed E-state index contributed by atoms with van der Waals surface area (Å²) in [6, 6.07) is 5.71. The lowest BCUT2D eigenvalue weighted by Crippen LogP contribution is -2.24. The van der Waals surface area contributed by atoms with Crippen molar-refractivity contribution in [2.24, 2.45) is 0 Å². The topological polar surface area (TPSA) is 34.9 Å². The van der Waals surface area contributed by atoms with E-state index in [1.165, 1.54) is 11.8 Å². The Bertz CT molecular complexity index is 810. The van der Waals surface area contributed by atoms with Gasteiger partial charge in [-0.05, 0) is 54.6 Å². The number of allylic oxidation sites excluding steroid dienone is 2. The van der Waals surface area contributed by atoms with Gasteiger partial charge in [-0.1, -0.05) is 41.6 Å². The average molecular weight is 447 g/mol. The number of nitrogens with zero attached hydrogens (tertiary/aromatic N) is 2. The third kappa shape index (κ3) is 4.36. The molecule has 0 N–H and O–H groups in total. The van der Waals surface area contributed by atoms with E-state index in [9.17, 15) is 4.79 Å². The first kappa shape index (κ1) is 17.6. The number of halogens is 2. The third-order valence-electron chi connectivity index (χ3n) is 2.89. The van der Waals surface area contributed by atoms with Crippen LogP contribution in [0.5, 0.6) is 0 Å². The summed E-state index contributed by atoms with van der Waals surface area (Å²) in [6.45, 7) is 8.12. The summed E-state index contributed by atoms with van der Waals surface area (Å²) in [5.74, 6) is 0.674. The number of aromatic nitrogens is 2. The van der Waals surface area contributed by atoms with Crippen molar-refractivity contribution in [3.05, 3.63) is 55.4 Å². The number of benzene rings is 1. The Kier molecular flexibility index (Phi) is 6.11. The molecular formula is C16H16ClIN2OS. The zero-order chi connectivity index (χ0) is 16.3. The molecule has 2 aromatic rings. The Balaban J connectivity index is 2.56. The third-order valence-corrected chi connectivity index (χ3v) is 4.61. The molecule has 1 aromatic heterocycles. The molecule has 0 aliphatic rings. The van der Waals surface area contributed by atoms with Gasteiger partial charge in [-0.25, -0.2) is 4.98 Å². The minimum absolute atomic E-state index is 0.0272. The van der Waals surface area contributed by atoms with Crippen LogP contribution in [0.3, 0.4) is 0 Å². The molecule has 3 nitrogen and oxygen atoms in total. The highest BCUT2D eigenvalue weighted by molar-refractivity contribution is 14.1. The van der Waals surface area contributed by atoms with Gasteiger partial charge in [-0.2, -0.15) is 0 Å². The highest BCUT2D eigenvalue weighted by Gasteiger charge is 2.11. The van der Waals surface area contributed by atoms with Crippen molar-refractivity contribution < 1.29 is 0 Å². The van der Waals surface area contributed by atoms with E-state index < -0.39 is 0 Å². The Morgan fingerprint density at radius 3 is 2.86 bits per heavy atom. The molecule has 0 fully saturated rings. The zero-order valence-corrected chi connectivity index (χ0v) is 16.1. The largest absolute Gasteiger partial charge is 0.283 e. The summed E-state index contributed by atoms with van der Waals surface area (Å²) >= 11 is 9.55. The molecule has 0 atom stereocenters.